The number of hydrogen-bond donors (Lipinski definition) is 5. The van der Waals surface area contributed by atoms with Gasteiger partial charge in [0.05, 0.1) is 12.4 Å². The molecule has 0 atom stereocenters. The van der Waals surface area contributed by atoms with Crippen LogP contribution in [0.5, 0.6) is 23.0 Å². The second kappa shape index (κ2) is 8.71. The van der Waals surface area contributed by atoms with Crippen molar-refractivity contribution in [3.05, 3.63) is 47.5 Å². The van der Waals surface area contributed by atoms with Gasteiger partial charge in [0, 0.05) is 23.3 Å². The zero-order chi connectivity index (χ0) is 18.2. The Kier molecular flexibility index (Phi) is 6.38. The van der Waals surface area contributed by atoms with Gasteiger partial charge in [0.1, 0.15) is 23.0 Å². The number of hydrogen-bond acceptors (Lipinski definition) is 8. The van der Waals surface area contributed by atoms with E-state index in [-0.39, 0.29) is 23.0 Å². The fourth-order valence-electron chi connectivity index (χ4n) is 1.73. The summed E-state index contributed by atoms with van der Waals surface area (Å²) in [6.45, 7) is 0. The van der Waals surface area contributed by atoms with E-state index < -0.39 is 0 Å². The minimum Gasteiger partial charge on any atom is -0.508 e. The molecule has 0 fully saturated rings. The maximum Gasteiger partial charge on any atom is 0.305 e. The molecule has 0 spiro atoms. The summed E-state index contributed by atoms with van der Waals surface area (Å²) in [5, 5.41) is 50.2. The maximum atomic E-state index is 9.66. The molecule has 0 aliphatic rings. The van der Waals surface area contributed by atoms with E-state index in [0.29, 0.717) is 16.3 Å². The van der Waals surface area contributed by atoms with Crippen LogP contribution in [-0.2, 0) is 0 Å². The number of thioether (sulfide) groups is 1. The molecule has 6 N–H and O–H groups in total. The standard InChI is InChI=1S/C16H16N4O4S/c1-25-16(19-17-8-10-2-4-12(21)6-14(10)23)20-18-9-11-3-5-13(22)7-15(11)24/h2-9,21-24H,1H3,(H,19,20)/p+1/b17-8+,18-9+. The summed E-state index contributed by atoms with van der Waals surface area (Å²) >= 11 is 1.32. The summed E-state index contributed by atoms with van der Waals surface area (Å²) in [6, 6.07) is 8.35. The van der Waals surface area contributed by atoms with Gasteiger partial charge >= 0.3 is 5.17 Å². The third-order valence-corrected chi connectivity index (χ3v) is 3.59. The highest BCUT2D eigenvalue weighted by Gasteiger charge is 2.03. The number of aromatic hydroxyl groups is 4. The molecule has 9 heteroatoms. The molecule has 8 nitrogen and oxygen atoms in total. The first-order chi connectivity index (χ1) is 12.0. The zero-order valence-corrected chi connectivity index (χ0v) is 14.1. The van der Waals surface area contributed by atoms with Crippen LogP contribution in [0.25, 0.3) is 0 Å². The van der Waals surface area contributed by atoms with E-state index in [1.807, 2.05) is 0 Å². The molecule has 130 valence electrons. The molecule has 0 saturated heterocycles. The van der Waals surface area contributed by atoms with Crippen LogP contribution in [0.15, 0.2) is 51.7 Å². The molecule has 2 rings (SSSR count). The molecule has 0 unspecified atom stereocenters. The van der Waals surface area contributed by atoms with E-state index in [1.54, 1.807) is 6.26 Å². The van der Waals surface area contributed by atoms with E-state index >= 15 is 0 Å². The van der Waals surface area contributed by atoms with Crippen LogP contribution >= 0.6 is 11.8 Å². The van der Waals surface area contributed by atoms with Gasteiger partial charge in [-0.05, 0) is 42.3 Å². The van der Waals surface area contributed by atoms with Gasteiger partial charge in [0.25, 0.3) is 0 Å². The van der Waals surface area contributed by atoms with Crippen LogP contribution in [-0.4, -0.2) is 44.3 Å². The number of rotatable bonds is 4. The fourth-order valence-corrected chi connectivity index (χ4v) is 2.03. The highest BCUT2D eigenvalue weighted by molar-refractivity contribution is 8.12. The summed E-state index contributed by atoms with van der Waals surface area (Å²) in [5.74, 6) is -0.255. The smallest absolute Gasteiger partial charge is 0.305 e. The van der Waals surface area contributed by atoms with Crippen LogP contribution < -0.4 is 5.43 Å². The average Bonchev–Trinajstić information content (AvgIpc) is 2.57. The molecule has 0 amide bonds. The summed E-state index contributed by atoms with van der Waals surface area (Å²) in [4.78, 5) is 0. The van der Waals surface area contributed by atoms with Crippen LogP contribution in [0, 0.1) is 0 Å². The lowest BCUT2D eigenvalue weighted by Gasteiger charge is -1.98. The zero-order valence-electron chi connectivity index (χ0n) is 13.2. The SMILES string of the molecule is CSC(=N/N=C/c1ccc(O)cc1O)[NH2+]/N=C/c1ccc(O)cc1O. The molecule has 25 heavy (non-hydrogen) atoms. The van der Waals surface area contributed by atoms with E-state index in [2.05, 4.69) is 15.3 Å². The molecule has 0 saturated carbocycles. The van der Waals surface area contributed by atoms with Crippen molar-refractivity contribution >= 4 is 29.4 Å². The molecule has 0 aliphatic carbocycles. The van der Waals surface area contributed by atoms with Crippen molar-refractivity contribution in [3.8, 4) is 23.0 Å². The highest BCUT2D eigenvalue weighted by atomic mass is 32.2. The van der Waals surface area contributed by atoms with Gasteiger partial charge < -0.3 is 20.4 Å². The Labute approximate surface area is 147 Å². The first kappa shape index (κ1) is 18.3. The Balaban J connectivity index is 2.02. The van der Waals surface area contributed by atoms with Gasteiger partial charge in [-0.2, -0.15) is 10.5 Å². The topological polar surface area (TPSA) is 135 Å². The Bertz CT molecular complexity index is 837. The van der Waals surface area contributed by atoms with Crippen molar-refractivity contribution in [2.45, 2.75) is 0 Å². The van der Waals surface area contributed by atoms with Gasteiger partial charge in [-0.3, -0.25) is 0 Å². The fraction of sp³-hybridized carbons (Fsp3) is 0.0625. The monoisotopic (exact) mass is 361 g/mol. The molecule has 2 aromatic rings. The second-order valence-corrected chi connectivity index (χ2v) is 5.61. The van der Waals surface area contributed by atoms with Crippen molar-refractivity contribution in [2.24, 2.45) is 15.3 Å². The molecule has 2 aromatic carbocycles. The van der Waals surface area contributed by atoms with E-state index in [0.717, 1.165) is 0 Å². The van der Waals surface area contributed by atoms with Gasteiger partial charge in [0.15, 0.2) is 0 Å². The van der Waals surface area contributed by atoms with Crippen LogP contribution in [0.3, 0.4) is 0 Å². The van der Waals surface area contributed by atoms with Gasteiger partial charge in [0.2, 0.25) is 0 Å². The molecular formula is C16H17N4O4S+. The number of benzene rings is 2. The predicted octanol–water partition coefficient (Wildman–Crippen LogP) is 1.16. The maximum absolute atomic E-state index is 9.66. The number of quaternary nitrogens is 1. The first-order valence-corrected chi connectivity index (χ1v) is 8.27. The third kappa shape index (κ3) is 5.52. The molecule has 0 aliphatic heterocycles. The van der Waals surface area contributed by atoms with Crippen molar-refractivity contribution < 1.29 is 25.9 Å². The lowest BCUT2D eigenvalue weighted by atomic mass is 10.2. The quantitative estimate of drug-likeness (QED) is 0.241. The van der Waals surface area contributed by atoms with Crippen molar-refractivity contribution in [3.63, 3.8) is 0 Å². The van der Waals surface area contributed by atoms with Crippen LogP contribution in [0.2, 0.25) is 0 Å². The lowest BCUT2D eigenvalue weighted by molar-refractivity contribution is -0.539. The first-order valence-electron chi connectivity index (χ1n) is 7.05. The molecular weight excluding hydrogens is 344 g/mol. The number of phenolic OH excluding ortho intramolecular Hbond substituents is 4. The minimum atomic E-state index is -0.102. The summed E-state index contributed by atoms with van der Waals surface area (Å²) in [7, 11) is 0. The normalized spacial score (nSPS) is 12.3. The number of amidine groups is 1. The molecule has 0 aromatic heterocycles. The van der Waals surface area contributed by atoms with E-state index in [9.17, 15) is 20.4 Å². The van der Waals surface area contributed by atoms with Crippen LogP contribution in [0.1, 0.15) is 11.1 Å². The molecule has 0 heterocycles. The van der Waals surface area contributed by atoms with Crippen LogP contribution in [0.4, 0.5) is 0 Å². The Hall–Kier alpha value is -3.04. The Morgan fingerprint density at radius 1 is 0.920 bits per heavy atom. The highest BCUT2D eigenvalue weighted by Crippen LogP contribution is 2.21. The number of nitrogens with zero attached hydrogens (tertiary/aromatic N) is 3. The predicted molar refractivity (Wildman–Crippen MR) is 97.6 cm³/mol. The van der Waals surface area contributed by atoms with Crippen molar-refractivity contribution in [1.29, 1.82) is 0 Å². The number of phenols is 4. The largest absolute Gasteiger partial charge is 0.508 e. The number of nitrogens with two attached hydrogens (primary N) is 1. The average molecular weight is 361 g/mol. The summed E-state index contributed by atoms with van der Waals surface area (Å²) in [6.07, 6.45) is 4.58. The van der Waals surface area contributed by atoms with Gasteiger partial charge in [-0.25, -0.2) is 0 Å². The third-order valence-electron chi connectivity index (χ3n) is 2.99. The van der Waals surface area contributed by atoms with Crippen molar-refractivity contribution in [1.82, 2.24) is 0 Å². The van der Waals surface area contributed by atoms with Gasteiger partial charge in [-0.1, -0.05) is 10.2 Å². The second-order valence-electron chi connectivity index (χ2n) is 4.78. The van der Waals surface area contributed by atoms with E-state index in [4.69, 9.17) is 0 Å². The molecule has 0 radical (unpaired) electrons. The minimum absolute atomic E-state index is 0.0307. The van der Waals surface area contributed by atoms with Crippen molar-refractivity contribution in [2.75, 3.05) is 6.26 Å². The van der Waals surface area contributed by atoms with Gasteiger partial charge in [-0.15, -0.1) is 0 Å². The Morgan fingerprint density at radius 3 is 2.00 bits per heavy atom. The molecule has 0 bridgehead atoms. The van der Waals surface area contributed by atoms with E-state index in [1.165, 1.54) is 66.0 Å². The summed E-state index contributed by atoms with van der Waals surface area (Å²) < 4.78 is 0. The Morgan fingerprint density at radius 2 is 1.48 bits per heavy atom. The summed E-state index contributed by atoms with van der Waals surface area (Å²) in [5.41, 5.74) is 2.33. The lowest BCUT2D eigenvalue weighted by Crippen LogP contribution is -2.81.